The number of hydrogen-bond acceptors (Lipinski definition) is 3. The van der Waals surface area contributed by atoms with Gasteiger partial charge in [0.05, 0.1) is 6.61 Å². The Balaban J connectivity index is 0.00000196. The Kier molecular flexibility index (Phi) is 6.89. The second-order valence-corrected chi connectivity index (χ2v) is 4.07. The fourth-order valence-electron chi connectivity index (χ4n) is 1.71. The molecule has 0 radical (unpaired) electrons. The van der Waals surface area contributed by atoms with Crippen molar-refractivity contribution >= 4 is 18.3 Å². The molecule has 1 unspecified atom stereocenters. The molecule has 1 heterocycles. The molecule has 1 atom stereocenters. The van der Waals surface area contributed by atoms with Gasteiger partial charge in [0.1, 0.15) is 6.04 Å². The topological polar surface area (TPSA) is 55.6 Å². The highest BCUT2D eigenvalue weighted by atomic mass is 35.5. The predicted molar refractivity (Wildman–Crippen MR) is 62.1 cm³/mol. The highest BCUT2D eigenvalue weighted by molar-refractivity contribution is 5.85. The van der Waals surface area contributed by atoms with Gasteiger partial charge in [-0.3, -0.25) is 4.79 Å². The lowest BCUT2D eigenvalue weighted by Gasteiger charge is -2.31. The van der Waals surface area contributed by atoms with E-state index in [1.54, 1.807) is 7.11 Å². The van der Waals surface area contributed by atoms with E-state index in [1.807, 2.05) is 4.90 Å². The van der Waals surface area contributed by atoms with Crippen molar-refractivity contribution in [2.75, 3.05) is 26.8 Å². The highest BCUT2D eigenvalue weighted by Crippen LogP contribution is 2.16. The third-order valence-corrected chi connectivity index (χ3v) is 2.76. The van der Waals surface area contributed by atoms with Crippen LogP contribution in [-0.2, 0) is 9.53 Å². The largest absolute Gasteiger partial charge is 0.383 e. The molecular formula is C10H21ClN2O2. The van der Waals surface area contributed by atoms with Gasteiger partial charge < -0.3 is 15.4 Å². The minimum Gasteiger partial charge on any atom is -0.383 e. The molecule has 0 aliphatic carbocycles. The third kappa shape index (κ3) is 4.36. The quantitative estimate of drug-likeness (QED) is 0.783. The Labute approximate surface area is 97.5 Å². The normalized spacial score (nSPS) is 19.5. The summed E-state index contributed by atoms with van der Waals surface area (Å²) in [5.41, 5.74) is 5.68. The third-order valence-electron chi connectivity index (χ3n) is 2.76. The van der Waals surface area contributed by atoms with Crippen molar-refractivity contribution in [2.45, 2.75) is 25.8 Å². The van der Waals surface area contributed by atoms with E-state index in [-0.39, 0.29) is 18.3 Å². The van der Waals surface area contributed by atoms with Crippen LogP contribution in [0.5, 0.6) is 0 Å². The molecule has 4 nitrogen and oxygen atoms in total. The smallest absolute Gasteiger partial charge is 0.241 e. The minimum absolute atomic E-state index is 0. The van der Waals surface area contributed by atoms with E-state index in [0.29, 0.717) is 6.61 Å². The number of hydrogen-bond donors (Lipinski definition) is 1. The first kappa shape index (κ1) is 14.7. The molecule has 1 fully saturated rings. The first-order valence-electron chi connectivity index (χ1n) is 5.18. The van der Waals surface area contributed by atoms with Gasteiger partial charge in [-0.15, -0.1) is 12.4 Å². The molecule has 0 spiro atoms. The number of nitrogens with zero attached hydrogens (tertiary/aromatic N) is 1. The first-order valence-corrected chi connectivity index (χ1v) is 5.18. The average molecular weight is 237 g/mol. The van der Waals surface area contributed by atoms with E-state index in [4.69, 9.17) is 10.5 Å². The van der Waals surface area contributed by atoms with E-state index in [9.17, 15) is 4.79 Å². The lowest BCUT2D eigenvalue weighted by Crippen LogP contribution is -2.48. The molecule has 15 heavy (non-hydrogen) atoms. The molecule has 5 heteroatoms. The molecule has 1 aliphatic rings. The van der Waals surface area contributed by atoms with E-state index in [2.05, 4.69) is 6.92 Å². The lowest BCUT2D eigenvalue weighted by atomic mass is 9.99. The van der Waals surface area contributed by atoms with E-state index in [0.717, 1.165) is 31.8 Å². The molecule has 1 saturated heterocycles. The van der Waals surface area contributed by atoms with Crippen LogP contribution in [0.3, 0.4) is 0 Å². The SMILES string of the molecule is COCC(N)C(=O)N1CCC(C)CC1.Cl. The monoisotopic (exact) mass is 236 g/mol. The van der Waals surface area contributed by atoms with Crippen molar-refractivity contribution in [1.29, 1.82) is 0 Å². The van der Waals surface area contributed by atoms with Crippen LogP contribution in [0.2, 0.25) is 0 Å². The van der Waals surface area contributed by atoms with Crippen LogP contribution in [0.4, 0.5) is 0 Å². The second-order valence-electron chi connectivity index (χ2n) is 4.07. The van der Waals surface area contributed by atoms with Gasteiger partial charge in [0.15, 0.2) is 0 Å². The molecule has 0 aromatic carbocycles. The van der Waals surface area contributed by atoms with Gasteiger partial charge in [-0.25, -0.2) is 0 Å². The van der Waals surface area contributed by atoms with Gasteiger partial charge in [-0.05, 0) is 18.8 Å². The molecule has 90 valence electrons. The summed E-state index contributed by atoms with van der Waals surface area (Å²) < 4.78 is 4.86. The maximum Gasteiger partial charge on any atom is 0.241 e. The van der Waals surface area contributed by atoms with Crippen LogP contribution >= 0.6 is 12.4 Å². The Hall–Kier alpha value is -0.320. The van der Waals surface area contributed by atoms with Crippen molar-refractivity contribution in [3.63, 3.8) is 0 Å². The molecule has 2 N–H and O–H groups in total. The standard InChI is InChI=1S/C10H20N2O2.ClH/c1-8-3-5-12(6-4-8)10(13)9(11)7-14-2;/h8-9H,3-7,11H2,1-2H3;1H. The molecule has 1 amide bonds. The number of likely N-dealkylation sites (tertiary alicyclic amines) is 1. The van der Waals surface area contributed by atoms with Crippen molar-refractivity contribution < 1.29 is 9.53 Å². The van der Waals surface area contributed by atoms with Crippen LogP contribution in [0.25, 0.3) is 0 Å². The first-order chi connectivity index (χ1) is 6.65. The van der Waals surface area contributed by atoms with E-state index >= 15 is 0 Å². The van der Waals surface area contributed by atoms with Crippen molar-refractivity contribution in [1.82, 2.24) is 4.90 Å². The Morgan fingerprint density at radius 2 is 2.07 bits per heavy atom. The minimum atomic E-state index is -0.492. The van der Waals surface area contributed by atoms with Gasteiger partial charge in [-0.1, -0.05) is 6.92 Å². The summed E-state index contributed by atoms with van der Waals surface area (Å²) >= 11 is 0. The molecule has 0 aromatic heterocycles. The van der Waals surface area contributed by atoms with Crippen molar-refractivity contribution in [2.24, 2.45) is 11.7 Å². The zero-order valence-electron chi connectivity index (χ0n) is 9.44. The number of halogens is 1. The van der Waals surface area contributed by atoms with Gasteiger partial charge in [0, 0.05) is 20.2 Å². The number of methoxy groups -OCH3 is 1. The van der Waals surface area contributed by atoms with E-state index < -0.39 is 6.04 Å². The fraction of sp³-hybridized carbons (Fsp3) is 0.900. The number of rotatable bonds is 3. The zero-order valence-corrected chi connectivity index (χ0v) is 10.3. The second kappa shape index (κ2) is 7.04. The maximum atomic E-state index is 11.7. The van der Waals surface area contributed by atoms with Gasteiger partial charge >= 0.3 is 0 Å². The predicted octanol–water partition coefficient (Wildman–Crippen LogP) is 0.640. The van der Waals surface area contributed by atoms with Gasteiger partial charge in [0.2, 0.25) is 5.91 Å². The number of ether oxygens (including phenoxy) is 1. The average Bonchev–Trinajstić information content (AvgIpc) is 2.18. The number of nitrogens with two attached hydrogens (primary N) is 1. The Morgan fingerprint density at radius 3 is 2.53 bits per heavy atom. The highest BCUT2D eigenvalue weighted by Gasteiger charge is 2.24. The fourth-order valence-corrected chi connectivity index (χ4v) is 1.71. The number of piperidine rings is 1. The number of carbonyl (C=O) groups excluding carboxylic acids is 1. The number of carbonyl (C=O) groups is 1. The molecule has 1 rings (SSSR count). The van der Waals surface area contributed by atoms with Crippen LogP contribution in [-0.4, -0.2) is 43.7 Å². The van der Waals surface area contributed by atoms with Gasteiger partial charge in [-0.2, -0.15) is 0 Å². The summed E-state index contributed by atoms with van der Waals surface area (Å²) in [5.74, 6) is 0.761. The van der Waals surface area contributed by atoms with Crippen LogP contribution in [0, 0.1) is 5.92 Å². The number of amides is 1. The van der Waals surface area contributed by atoms with Crippen molar-refractivity contribution in [3.8, 4) is 0 Å². The van der Waals surface area contributed by atoms with Crippen LogP contribution < -0.4 is 5.73 Å². The summed E-state index contributed by atoms with van der Waals surface area (Å²) in [4.78, 5) is 13.6. The molecule has 0 aromatic rings. The van der Waals surface area contributed by atoms with E-state index in [1.165, 1.54) is 0 Å². The summed E-state index contributed by atoms with van der Waals surface area (Å²) in [5, 5.41) is 0. The molecule has 1 aliphatic heterocycles. The molecule has 0 bridgehead atoms. The van der Waals surface area contributed by atoms with Crippen LogP contribution in [0.1, 0.15) is 19.8 Å². The summed E-state index contributed by atoms with van der Waals surface area (Å²) in [6.07, 6.45) is 2.18. The van der Waals surface area contributed by atoms with Crippen molar-refractivity contribution in [3.05, 3.63) is 0 Å². The summed E-state index contributed by atoms with van der Waals surface area (Å²) in [6, 6.07) is -0.492. The lowest BCUT2D eigenvalue weighted by molar-refractivity contribution is -0.135. The Morgan fingerprint density at radius 1 is 1.53 bits per heavy atom. The van der Waals surface area contributed by atoms with Crippen LogP contribution in [0.15, 0.2) is 0 Å². The molecule has 0 saturated carbocycles. The van der Waals surface area contributed by atoms with Gasteiger partial charge in [0.25, 0.3) is 0 Å². The Bertz CT molecular complexity index is 194. The summed E-state index contributed by atoms with van der Waals surface area (Å²) in [7, 11) is 1.56. The molecular weight excluding hydrogens is 216 g/mol. The zero-order chi connectivity index (χ0) is 10.6. The maximum absolute atomic E-state index is 11.7. The summed E-state index contributed by atoms with van der Waals surface area (Å²) in [6.45, 7) is 4.22.